The molecule has 0 aliphatic carbocycles. The van der Waals surface area contributed by atoms with Crippen LogP contribution >= 0.6 is 23.2 Å². The number of nitrogens with zero attached hydrogens (tertiary/aromatic N) is 1. The predicted octanol–water partition coefficient (Wildman–Crippen LogP) is 5.45. The standard InChI is InChI=1S/C18H12Cl2FNO3/c1-10-15(22-25-17(10)11-5-7-12(21)8-6-11)9-24-18(23)16-13(19)3-2-4-14(16)20/h2-8H,9H2,1H3. The second kappa shape index (κ2) is 7.25. The van der Waals surface area contributed by atoms with Gasteiger partial charge in [0.1, 0.15) is 18.1 Å². The summed E-state index contributed by atoms with van der Waals surface area (Å²) in [7, 11) is 0. The molecular formula is C18H12Cl2FNO3. The van der Waals surface area contributed by atoms with E-state index in [1.807, 2.05) is 0 Å². The molecule has 0 N–H and O–H groups in total. The third-order valence-corrected chi connectivity index (χ3v) is 4.26. The van der Waals surface area contributed by atoms with Gasteiger partial charge in [0, 0.05) is 11.1 Å². The Morgan fingerprint density at radius 2 is 1.80 bits per heavy atom. The highest BCUT2D eigenvalue weighted by Gasteiger charge is 2.19. The number of hydrogen-bond donors (Lipinski definition) is 0. The molecule has 7 heteroatoms. The van der Waals surface area contributed by atoms with E-state index < -0.39 is 5.97 Å². The molecule has 0 atom stereocenters. The SMILES string of the molecule is Cc1c(COC(=O)c2c(Cl)cccc2Cl)noc1-c1ccc(F)cc1. The lowest BCUT2D eigenvalue weighted by atomic mass is 10.1. The smallest absolute Gasteiger partial charge is 0.341 e. The van der Waals surface area contributed by atoms with Gasteiger partial charge in [-0.3, -0.25) is 0 Å². The van der Waals surface area contributed by atoms with Crippen molar-refractivity contribution in [1.82, 2.24) is 5.16 Å². The number of esters is 1. The van der Waals surface area contributed by atoms with Gasteiger partial charge in [-0.15, -0.1) is 0 Å². The second-order valence-electron chi connectivity index (χ2n) is 5.26. The summed E-state index contributed by atoms with van der Waals surface area (Å²) in [6.45, 7) is 1.68. The average Bonchev–Trinajstić information content (AvgIpc) is 2.94. The summed E-state index contributed by atoms with van der Waals surface area (Å²) in [6, 6.07) is 10.6. The van der Waals surface area contributed by atoms with Crippen LogP contribution in [0.1, 0.15) is 21.6 Å². The second-order valence-corrected chi connectivity index (χ2v) is 6.08. The maximum Gasteiger partial charge on any atom is 0.341 e. The van der Waals surface area contributed by atoms with E-state index in [1.165, 1.54) is 12.1 Å². The van der Waals surface area contributed by atoms with E-state index in [1.54, 1.807) is 37.3 Å². The molecule has 0 radical (unpaired) electrons. The number of hydrogen-bond acceptors (Lipinski definition) is 4. The Morgan fingerprint density at radius 1 is 1.16 bits per heavy atom. The first kappa shape index (κ1) is 17.5. The zero-order chi connectivity index (χ0) is 18.0. The van der Waals surface area contributed by atoms with E-state index in [4.69, 9.17) is 32.5 Å². The molecule has 0 bridgehead atoms. The Balaban J connectivity index is 1.76. The lowest BCUT2D eigenvalue weighted by Gasteiger charge is -2.06. The van der Waals surface area contributed by atoms with E-state index in [-0.39, 0.29) is 28.0 Å². The van der Waals surface area contributed by atoms with Crippen molar-refractivity contribution in [2.45, 2.75) is 13.5 Å². The molecule has 0 aliphatic rings. The van der Waals surface area contributed by atoms with Gasteiger partial charge in [-0.1, -0.05) is 34.4 Å². The summed E-state index contributed by atoms with van der Waals surface area (Å²) >= 11 is 12.0. The minimum atomic E-state index is -0.652. The van der Waals surface area contributed by atoms with Gasteiger partial charge in [-0.2, -0.15) is 0 Å². The molecule has 0 saturated carbocycles. The quantitative estimate of drug-likeness (QED) is 0.565. The van der Waals surface area contributed by atoms with Gasteiger partial charge in [0.05, 0.1) is 15.6 Å². The first-order valence-electron chi connectivity index (χ1n) is 7.29. The summed E-state index contributed by atoms with van der Waals surface area (Å²) in [5.74, 6) is -0.505. The summed E-state index contributed by atoms with van der Waals surface area (Å²) in [5.41, 5.74) is 1.93. The highest BCUT2D eigenvalue weighted by Crippen LogP contribution is 2.28. The Labute approximate surface area is 153 Å². The minimum Gasteiger partial charge on any atom is -0.455 e. The number of carbonyl (C=O) groups excluding carboxylic acids is 1. The van der Waals surface area contributed by atoms with Crippen molar-refractivity contribution >= 4 is 29.2 Å². The van der Waals surface area contributed by atoms with Gasteiger partial charge in [0.25, 0.3) is 0 Å². The van der Waals surface area contributed by atoms with Crippen LogP contribution in [0.2, 0.25) is 10.0 Å². The number of carbonyl (C=O) groups is 1. The van der Waals surface area contributed by atoms with Gasteiger partial charge in [0.2, 0.25) is 0 Å². The van der Waals surface area contributed by atoms with Crippen molar-refractivity contribution in [2.24, 2.45) is 0 Å². The van der Waals surface area contributed by atoms with Gasteiger partial charge in [0.15, 0.2) is 5.76 Å². The van der Waals surface area contributed by atoms with Crippen molar-refractivity contribution in [3.8, 4) is 11.3 Å². The number of halogens is 3. The molecule has 25 heavy (non-hydrogen) atoms. The molecule has 0 spiro atoms. The molecule has 0 amide bonds. The van der Waals surface area contributed by atoms with Gasteiger partial charge < -0.3 is 9.26 Å². The van der Waals surface area contributed by atoms with Crippen molar-refractivity contribution in [3.63, 3.8) is 0 Å². The van der Waals surface area contributed by atoms with E-state index in [2.05, 4.69) is 5.16 Å². The van der Waals surface area contributed by atoms with Crippen LogP contribution in [-0.2, 0) is 11.3 Å². The maximum absolute atomic E-state index is 13.0. The number of benzene rings is 2. The van der Waals surface area contributed by atoms with Crippen LogP contribution in [-0.4, -0.2) is 11.1 Å². The first-order valence-corrected chi connectivity index (χ1v) is 8.05. The highest BCUT2D eigenvalue weighted by molar-refractivity contribution is 6.39. The summed E-state index contributed by atoms with van der Waals surface area (Å²) < 4.78 is 23.5. The maximum atomic E-state index is 13.0. The Hall–Kier alpha value is -2.37. The van der Waals surface area contributed by atoms with E-state index in [0.717, 1.165) is 0 Å². The Kier molecular flexibility index (Phi) is 5.06. The molecule has 0 aliphatic heterocycles. The summed E-state index contributed by atoms with van der Waals surface area (Å²) in [4.78, 5) is 12.2. The zero-order valence-electron chi connectivity index (χ0n) is 13.1. The molecule has 128 valence electrons. The van der Waals surface area contributed by atoms with Crippen molar-refractivity contribution in [2.75, 3.05) is 0 Å². The van der Waals surface area contributed by atoms with Crippen LogP contribution < -0.4 is 0 Å². The van der Waals surface area contributed by atoms with Gasteiger partial charge >= 0.3 is 5.97 Å². The monoisotopic (exact) mass is 379 g/mol. The molecule has 2 aromatic carbocycles. The molecule has 3 rings (SSSR count). The van der Waals surface area contributed by atoms with Crippen LogP contribution in [0.3, 0.4) is 0 Å². The highest BCUT2D eigenvalue weighted by atomic mass is 35.5. The van der Waals surface area contributed by atoms with E-state index in [0.29, 0.717) is 22.6 Å². The zero-order valence-corrected chi connectivity index (χ0v) is 14.6. The van der Waals surface area contributed by atoms with Crippen molar-refractivity contribution in [3.05, 3.63) is 75.1 Å². The Morgan fingerprint density at radius 3 is 2.44 bits per heavy atom. The van der Waals surface area contributed by atoms with Crippen LogP contribution in [0.25, 0.3) is 11.3 Å². The van der Waals surface area contributed by atoms with Gasteiger partial charge in [-0.05, 0) is 43.3 Å². The van der Waals surface area contributed by atoms with Crippen LogP contribution in [0.15, 0.2) is 47.0 Å². The first-order chi connectivity index (χ1) is 12.0. The fourth-order valence-corrected chi connectivity index (χ4v) is 2.82. The number of rotatable bonds is 4. The molecule has 0 saturated heterocycles. The number of aromatic nitrogens is 1. The average molecular weight is 380 g/mol. The molecule has 0 fully saturated rings. The minimum absolute atomic E-state index is 0.100. The largest absolute Gasteiger partial charge is 0.455 e. The van der Waals surface area contributed by atoms with Crippen LogP contribution in [0, 0.1) is 12.7 Å². The molecule has 1 aromatic heterocycles. The third kappa shape index (κ3) is 3.67. The fraction of sp³-hybridized carbons (Fsp3) is 0.111. The predicted molar refractivity (Wildman–Crippen MR) is 92.2 cm³/mol. The molecular weight excluding hydrogens is 368 g/mol. The van der Waals surface area contributed by atoms with E-state index in [9.17, 15) is 9.18 Å². The molecule has 0 unspecified atom stereocenters. The Bertz CT molecular complexity index is 902. The molecule has 4 nitrogen and oxygen atoms in total. The van der Waals surface area contributed by atoms with Crippen molar-refractivity contribution < 1.29 is 18.4 Å². The lowest BCUT2D eigenvalue weighted by molar-refractivity contribution is 0.0464. The summed E-state index contributed by atoms with van der Waals surface area (Å²) in [5, 5.41) is 4.33. The van der Waals surface area contributed by atoms with Crippen LogP contribution in [0.5, 0.6) is 0 Å². The lowest BCUT2D eigenvalue weighted by Crippen LogP contribution is -2.07. The number of ether oxygens (including phenoxy) is 1. The van der Waals surface area contributed by atoms with E-state index >= 15 is 0 Å². The molecule has 3 aromatic rings. The van der Waals surface area contributed by atoms with Gasteiger partial charge in [-0.25, -0.2) is 9.18 Å². The third-order valence-electron chi connectivity index (χ3n) is 3.63. The van der Waals surface area contributed by atoms with Crippen LogP contribution in [0.4, 0.5) is 4.39 Å². The van der Waals surface area contributed by atoms with Crippen molar-refractivity contribution in [1.29, 1.82) is 0 Å². The summed E-state index contributed by atoms with van der Waals surface area (Å²) in [6.07, 6.45) is 0. The fourth-order valence-electron chi connectivity index (χ4n) is 2.27. The topological polar surface area (TPSA) is 52.3 Å². The molecule has 1 heterocycles. The normalized spacial score (nSPS) is 10.7.